The molecule has 24 heavy (non-hydrogen) atoms. The molecule has 0 spiro atoms. The molecule has 2 N–H and O–H groups in total. The second-order valence-corrected chi connectivity index (χ2v) is 6.26. The van der Waals surface area contributed by atoms with Gasteiger partial charge in [0.15, 0.2) is 0 Å². The van der Waals surface area contributed by atoms with E-state index in [9.17, 15) is 14.7 Å². The van der Waals surface area contributed by atoms with E-state index in [1.165, 1.54) is 6.92 Å². The molecule has 1 aliphatic rings. The van der Waals surface area contributed by atoms with Gasteiger partial charge in [-0.05, 0) is 43.7 Å². The molecule has 124 valence electrons. The van der Waals surface area contributed by atoms with Crippen molar-refractivity contribution in [3.8, 4) is 0 Å². The van der Waals surface area contributed by atoms with Crippen LogP contribution in [0.4, 0.5) is 11.4 Å². The van der Waals surface area contributed by atoms with Gasteiger partial charge in [-0.1, -0.05) is 18.2 Å². The first kappa shape index (κ1) is 16.2. The summed E-state index contributed by atoms with van der Waals surface area (Å²) in [5.41, 5.74) is 1.77. The fraction of sp³-hybridized carbons (Fsp3) is 0.263. The van der Waals surface area contributed by atoms with Crippen LogP contribution >= 0.6 is 0 Å². The normalized spacial score (nSPS) is 19.5. The van der Waals surface area contributed by atoms with Crippen LogP contribution in [-0.2, 0) is 10.4 Å². The SMILES string of the molecule is CC(=O)Nc1ccc(C(=O)N2CCC(C)(O)c3ccccc32)cc1. The molecule has 2 amide bonds. The molecule has 3 rings (SSSR count). The molecule has 5 nitrogen and oxygen atoms in total. The van der Waals surface area contributed by atoms with Gasteiger partial charge in [0, 0.05) is 30.3 Å². The zero-order valence-corrected chi connectivity index (χ0v) is 13.7. The Morgan fingerprint density at radius 1 is 1.12 bits per heavy atom. The molecule has 0 bridgehead atoms. The molecule has 1 aliphatic heterocycles. The number of fused-ring (bicyclic) bond motifs is 1. The summed E-state index contributed by atoms with van der Waals surface area (Å²) >= 11 is 0. The van der Waals surface area contributed by atoms with Crippen molar-refractivity contribution in [2.24, 2.45) is 0 Å². The van der Waals surface area contributed by atoms with Crippen LogP contribution in [0.2, 0.25) is 0 Å². The third-order valence-electron chi connectivity index (χ3n) is 4.29. The molecule has 2 aromatic carbocycles. The van der Waals surface area contributed by atoms with Crippen molar-refractivity contribution in [3.63, 3.8) is 0 Å². The summed E-state index contributed by atoms with van der Waals surface area (Å²) in [6.07, 6.45) is 0.486. The zero-order valence-electron chi connectivity index (χ0n) is 13.7. The molecular weight excluding hydrogens is 304 g/mol. The van der Waals surface area contributed by atoms with Crippen LogP contribution in [0.5, 0.6) is 0 Å². The molecule has 1 unspecified atom stereocenters. The van der Waals surface area contributed by atoms with Gasteiger partial charge in [0.05, 0.1) is 11.3 Å². The van der Waals surface area contributed by atoms with E-state index < -0.39 is 5.60 Å². The number of hydrogen-bond donors (Lipinski definition) is 2. The van der Waals surface area contributed by atoms with Crippen molar-refractivity contribution in [2.45, 2.75) is 25.9 Å². The molecule has 0 aliphatic carbocycles. The highest BCUT2D eigenvalue weighted by atomic mass is 16.3. The van der Waals surface area contributed by atoms with E-state index in [1.54, 1.807) is 36.1 Å². The predicted molar refractivity (Wildman–Crippen MR) is 93.1 cm³/mol. The Hall–Kier alpha value is -2.66. The minimum atomic E-state index is -0.928. The Morgan fingerprint density at radius 2 is 1.79 bits per heavy atom. The van der Waals surface area contributed by atoms with Crippen LogP contribution in [0, 0.1) is 0 Å². The topological polar surface area (TPSA) is 69.6 Å². The van der Waals surface area contributed by atoms with Crippen LogP contribution in [0.1, 0.15) is 36.2 Å². The second-order valence-electron chi connectivity index (χ2n) is 6.26. The van der Waals surface area contributed by atoms with Crippen LogP contribution in [-0.4, -0.2) is 23.5 Å². The summed E-state index contributed by atoms with van der Waals surface area (Å²) in [6, 6.07) is 14.2. The number of para-hydroxylation sites is 1. The maximum Gasteiger partial charge on any atom is 0.258 e. The van der Waals surface area contributed by atoms with Crippen molar-refractivity contribution in [1.82, 2.24) is 0 Å². The average molecular weight is 324 g/mol. The zero-order chi connectivity index (χ0) is 17.3. The lowest BCUT2D eigenvalue weighted by molar-refractivity contribution is -0.114. The number of anilines is 2. The number of rotatable bonds is 2. The first-order valence-corrected chi connectivity index (χ1v) is 7.90. The summed E-state index contributed by atoms with van der Waals surface area (Å²) in [7, 11) is 0. The minimum Gasteiger partial charge on any atom is -0.385 e. The van der Waals surface area contributed by atoms with E-state index in [0.29, 0.717) is 24.2 Å². The molecule has 1 atom stereocenters. The quantitative estimate of drug-likeness (QED) is 0.892. The van der Waals surface area contributed by atoms with Gasteiger partial charge >= 0.3 is 0 Å². The van der Waals surface area contributed by atoms with E-state index in [1.807, 2.05) is 24.3 Å². The largest absolute Gasteiger partial charge is 0.385 e. The third-order valence-corrected chi connectivity index (χ3v) is 4.29. The van der Waals surface area contributed by atoms with E-state index in [-0.39, 0.29) is 11.8 Å². The molecule has 5 heteroatoms. The Bertz CT molecular complexity index is 781. The highest BCUT2D eigenvalue weighted by molar-refractivity contribution is 6.07. The van der Waals surface area contributed by atoms with Gasteiger partial charge in [-0.25, -0.2) is 0 Å². The number of hydrogen-bond acceptors (Lipinski definition) is 3. The molecular formula is C19H20N2O3. The number of nitrogens with zero attached hydrogens (tertiary/aromatic N) is 1. The molecule has 0 saturated heterocycles. The van der Waals surface area contributed by atoms with Crippen LogP contribution in [0.25, 0.3) is 0 Å². The summed E-state index contributed by atoms with van der Waals surface area (Å²) in [5.74, 6) is -0.270. The Kier molecular flexibility index (Phi) is 4.11. The van der Waals surface area contributed by atoms with Crippen LogP contribution in [0.3, 0.4) is 0 Å². The summed E-state index contributed by atoms with van der Waals surface area (Å²) in [6.45, 7) is 3.67. The monoisotopic (exact) mass is 324 g/mol. The first-order chi connectivity index (χ1) is 11.4. The van der Waals surface area contributed by atoms with Crippen molar-refractivity contribution in [3.05, 3.63) is 59.7 Å². The van der Waals surface area contributed by atoms with Gasteiger partial charge in [0.1, 0.15) is 0 Å². The lowest BCUT2D eigenvalue weighted by Crippen LogP contribution is -2.42. The number of carbonyl (C=O) groups excluding carboxylic acids is 2. The maximum atomic E-state index is 12.9. The number of carbonyl (C=O) groups is 2. The molecule has 0 fully saturated rings. The van der Waals surface area contributed by atoms with Crippen molar-refractivity contribution in [1.29, 1.82) is 0 Å². The van der Waals surface area contributed by atoms with E-state index in [0.717, 1.165) is 11.3 Å². The van der Waals surface area contributed by atoms with Gasteiger partial charge in [0.25, 0.3) is 5.91 Å². The van der Waals surface area contributed by atoms with Gasteiger partial charge < -0.3 is 15.3 Å². The Balaban J connectivity index is 1.89. The predicted octanol–water partition coefficient (Wildman–Crippen LogP) is 2.90. The molecule has 0 aromatic heterocycles. The molecule has 2 aromatic rings. The van der Waals surface area contributed by atoms with Crippen molar-refractivity contribution < 1.29 is 14.7 Å². The van der Waals surface area contributed by atoms with E-state index >= 15 is 0 Å². The number of benzene rings is 2. The number of aliphatic hydroxyl groups is 1. The van der Waals surface area contributed by atoms with E-state index in [2.05, 4.69) is 5.32 Å². The Labute approximate surface area is 140 Å². The van der Waals surface area contributed by atoms with Gasteiger partial charge in [0.2, 0.25) is 5.91 Å². The summed E-state index contributed by atoms with van der Waals surface area (Å²) in [4.78, 5) is 25.6. The summed E-state index contributed by atoms with van der Waals surface area (Å²) in [5, 5.41) is 13.2. The highest BCUT2D eigenvalue weighted by Gasteiger charge is 2.35. The fourth-order valence-corrected chi connectivity index (χ4v) is 3.02. The Morgan fingerprint density at radius 3 is 2.46 bits per heavy atom. The fourth-order valence-electron chi connectivity index (χ4n) is 3.02. The number of nitrogens with one attached hydrogen (secondary N) is 1. The highest BCUT2D eigenvalue weighted by Crippen LogP contribution is 2.38. The minimum absolute atomic E-state index is 0.118. The standard InChI is InChI=1S/C19H20N2O3/c1-13(22)20-15-9-7-14(8-10-15)18(23)21-12-11-19(2,24)16-5-3-4-6-17(16)21/h3-10,24H,11-12H2,1-2H3,(H,20,22). The smallest absolute Gasteiger partial charge is 0.258 e. The second kappa shape index (κ2) is 6.09. The van der Waals surface area contributed by atoms with Gasteiger partial charge in [-0.3, -0.25) is 9.59 Å². The summed E-state index contributed by atoms with van der Waals surface area (Å²) < 4.78 is 0. The van der Waals surface area contributed by atoms with Crippen molar-refractivity contribution in [2.75, 3.05) is 16.8 Å². The average Bonchev–Trinajstić information content (AvgIpc) is 2.55. The van der Waals surface area contributed by atoms with Crippen LogP contribution < -0.4 is 10.2 Å². The third kappa shape index (κ3) is 3.03. The molecule has 0 saturated carbocycles. The van der Waals surface area contributed by atoms with Gasteiger partial charge in [-0.2, -0.15) is 0 Å². The lowest BCUT2D eigenvalue weighted by Gasteiger charge is -2.38. The molecule has 1 heterocycles. The lowest BCUT2D eigenvalue weighted by atomic mass is 9.87. The van der Waals surface area contributed by atoms with Gasteiger partial charge in [-0.15, -0.1) is 0 Å². The van der Waals surface area contributed by atoms with E-state index in [4.69, 9.17) is 0 Å². The van der Waals surface area contributed by atoms with Crippen LogP contribution in [0.15, 0.2) is 48.5 Å². The first-order valence-electron chi connectivity index (χ1n) is 7.90. The maximum absolute atomic E-state index is 12.9. The number of amides is 2. The van der Waals surface area contributed by atoms with Crippen molar-refractivity contribution >= 4 is 23.2 Å². The molecule has 0 radical (unpaired) electrons.